The van der Waals surface area contributed by atoms with E-state index >= 15 is 0 Å². The summed E-state index contributed by atoms with van der Waals surface area (Å²) < 4.78 is 0. The Labute approximate surface area is 97.9 Å². The van der Waals surface area contributed by atoms with Crippen LogP contribution in [0.25, 0.3) is 0 Å². The highest BCUT2D eigenvalue weighted by molar-refractivity contribution is 5.77. The van der Waals surface area contributed by atoms with Crippen molar-refractivity contribution >= 4 is 11.4 Å². The molecule has 2 aliphatic rings. The molecule has 0 radical (unpaired) electrons. The molecule has 0 aromatic heterocycles. The van der Waals surface area contributed by atoms with E-state index in [-0.39, 0.29) is 0 Å². The van der Waals surface area contributed by atoms with Gasteiger partial charge in [0.1, 0.15) is 0 Å². The highest BCUT2D eigenvalue weighted by atomic mass is 15.4. The van der Waals surface area contributed by atoms with Crippen LogP contribution < -0.4 is 9.80 Å². The fourth-order valence-electron chi connectivity index (χ4n) is 2.82. The summed E-state index contributed by atoms with van der Waals surface area (Å²) in [4.78, 5) is 4.95. The standard InChI is InChI=1S/C14H20N2/c1-11-15(2)13-8-3-4-9-14(13)16(11)10-12-6-5-7-12/h3-4,8-9,11-12H,5-7,10H2,1-2H3. The van der Waals surface area contributed by atoms with Crippen molar-refractivity contribution in [2.75, 3.05) is 23.4 Å². The second-order valence-electron chi connectivity index (χ2n) is 5.18. The largest absolute Gasteiger partial charge is 0.353 e. The second kappa shape index (κ2) is 3.69. The van der Waals surface area contributed by atoms with Crippen molar-refractivity contribution in [2.45, 2.75) is 32.4 Å². The van der Waals surface area contributed by atoms with E-state index in [1.54, 1.807) is 0 Å². The van der Waals surface area contributed by atoms with Crippen LogP contribution in [-0.2, 0) is 0 Å². The highest BCUT2D eigenvalue weighted by Crippen LogP contribution is 2.40. The molecule has 3 rings (SSSR count). The molecular formula is C14H20N2. The van der Waals surface area contributed by atoms with Crippen molar-refractivity contribution in [3.8, 4) is 0 Å². The first-order valence-corrected chi connectivity index (χ1v) is 6.36. The summed E-state index contributed by atoms with van der Waals surface area (Å²) >= 11 is 0. The lowest BCUT2D eigenvalue weighted by atomic mass is 9.85. The number of benzene rings is 1. The first kappa shape index (κ1) is 10.0. The summed E-state index contributed by atoms with van der Waals surface area (Å²) in [5.41, 5.74) is 2.80. The summed E-state index contributed by atoms with van der Waals surface area (Å²) in [6.45, 7) is 3.54. The quantitative estimate of drug-likeness (QED) is 0.749. The Kier molecular flexibility index (Phi) is 2.31. The topological polar surface area (TPSA) is 6.48 Å². The van der Waals surface area contributed by atoms with Crippen LogP contribution in [-0.4, -0.2) is 19.8 Å². The molecule has 1 aliphatic carbocycles. The fraction of sp³-hybridized carbons (Fsp3) is 0.571. The molecule has 1 aromatic rings. The Morgan fingerprint density at radius 1 is 1.19 bits per heavy atom. The number of hydrogen-bond donors (Lipinski definition) is 0. The van der Waals surface area contributed by atoms with E-state index in [0.29, 0.717) is 6.17 Å². The van der Waals surface area contributed by atoms with Crippen LogP contribution in [0.5, 0.6) is 0 Å². The molecule has 0 saturated heterocycles. The maximum Gasteiger partial charge on any atom is 0.0985 e. The average Bonchev–Trinajstić information content (AvgIpc) is 2.48. The number of anilines is 2. The predicted octanol–water partition coefficient (Wildman–Crippen LogP) is 3.09. The van der Waals surface area contributed by atoms with Gasteiger partial charge in [0, 0.05) is 13.6 Å². The van der Waals surface area contributed by atoms with E-state index in [1.165, 1.54) is 37.2 Å². The third-order valence-corrected chi connectivity index (χ3v) is 4.26. The Bertz CT molecular complexity index is 384. The zero-order valence-electron chi connectivity index (χ0n) is 10.2. The van der Waals surface area contributed by atoms with Gasteiger partial charge < -0.3 is 9.80 Å². The van der Waals surface area contributed by atoms with Crippen molar-refractivity contribution in [1.29, 1.82) is 0 Å². The van der Waals surface area contributed by atoms with E-state index < -0.39 is 0 Å². The second-order valence-corrected chi connectivity index (χ2v) is 5.18. The maximum absolute atomic E-state index is 2.57. The lowest BCUT2D eigenvalue weighted by Gasteiger charge is -2.34. The van der Waals surface area contributed by atoms with Crippen molar-refractivity contribution in [3.05, 3.63) is 24.3 Å². The van der Waals surface area contributed by atoms with Crippen LogP contribution in [0.3, 0.4) is 0 Å². The van der Waals surface area contributed by atoms with Crippen LogP contribution in [0.15, 0.2) is 24.3 Å². The van der Waals surface area contributed by atoms with Crippen LogP contribution >= 0.6 is 0 Å². The zero-order chi connectivity index (χ0) is 11.1. The van der Waals surface area contributed by atoms with Crippen molar-refractivity contribution < 1.29 is 0 Å². The smallest absolute Gasteiger partial charge is 0.0985 e. The summed E-state index contributed by atoms with van der Waals surface area (Å²) in [7, 11) is 2.20. The molecule has 16 heavy (non-hydrogen) atoms. The number of fused-ring (bicyclic) bond motifs is 1. The van der Waals surface area contributed by atoms with Gasteiger partial charge in [-0.15, -0.1) is 0 Å². The van der Waals surface area contributed by atoms with Gasteiger partial charge in [-0.1, -0.05) is 18.6 Å². The fourth-order valence-corrected chi connectivity index (χ4v) is 2.82. The van der Waals surface area contributed by atoms with Crippen molar-refractivity contribution in [3.63, 3.8) is 0 Å². The first-order valence-electron chi connectivity index (χ1n) is 6.36. The van der Waals surface area contributed by atoms with Crippen LogP contribution in [0, 0.1) is 5.92 Å². The molecule has 0 amide bonds. The molecule has 1 aliphatic heterocycles. The number of rotatable bonds is 2. The Balaban J connectivity index is 1.87. The molecule has 1 atom stereocenters. The van der Waals surface area contributed by atoms with Gasteiger partial charge in [0.2, 0.25) is 0 Å². The van der Waals surface area contributed by atoms with E-state index in [1.807, 2.05) is 0 Å². The lowest BCUT2D eigenvalue weighted by Crippen LogP contribution is -2.42. The molecule has 0 bridgehead atoms. The number of para-hydroxylation sites is 2. The van der Waals surface area contributed by atoms with Gasteiger partial charge in [0.15, 0.2) is 0 Å². The molecule has 86 valence electrons. The third kappa shape index (κ3) is 1.40. The summed E-state index contributed by atoms with van der Waals surface area (Å²) in [5, 5.41) is 0. The average molecular weight is 216 g/mol. The molecule has 0 N–H and O–H groups in total. The van der Waals surface area contributed by atoms with Crippen LogP contribution in [0.2, 0.25) is 0 Å². The zero-order valence-corrected chi connectivity index (χ0v) is 10.2. The first-order chi connectivity index (χ1) is 7.77. The van der Waals surface area contributed by atoms with E-state index in [0.717, 1.165) is 5.92 Å². The summed E-state index contributed by atoms with van der Waals surface area (Å²) in [6, 6.07) is 8.77. The Hall–Kier alpha value is -1.18. The Morgan fingerprint density at radius 3 is 2.50 bits per heavy atom. The SMILES string of the molecule is CC1N(C)c2ccccc2N1CC1CCC1. The molecule has 1 heterocycles. The van der Waals surface area contributed by atoms with Crippen molar-refractivity contribution in [1.82, 2.24) is 0 Å². The van der Waals surface area contributed by atoms with E-state index in [9.17, 15) is 0 Å². The predicted molar refractivity (Wildman–Crippen MR) is 69.0 cm³/mol. The number of hydrogen-bond acceptors (Lipinski definition) is 2. The molecule has 2 heteroatoms. The van der Waals surface area contributed by atoms with Gasteiger partial charge in [-0.05, 0) is 37.8 Å². The minimum atomic E-state index is 0.512. The van der Waals surface area contributed by atoms with Gasteiger partial charge in [0.05, 0.1) is 17.5 Å². The lowest BCUT2D eigenvalue weighted by molar-refractivity contribution is 0.313. The maximum atomic E-state index is 2.57. The minimum Gasteiger partial charge on any atom is -0.353 e. The molecule has 1 saturated carbocycles. The molecular weight excluding hydrogens is 196 g/mol. The molecule has 1 aromatic carbocycles. The van der Waals surface area contributed by atoms with Gasteiger partial charge in [-0.3, -0.25) is 0 Å². The van der Waals surface area contributed by atoms with E-state index in [2.05, 4.69) is 48.0 Å². The number of nitrogens with zero attached hydrogens (tertiary/aromatic N) is 2. The van der Waals surface area contributed by atoms with Gasteiger partial charge in [0.25, 0.3) is 0 Å². The minimum absolute atomic E-state index is 0.512. The molecule has 0 spiro atoms. The summed E-state index contributed by atoms with van der Waals surface area (Å²) in [6.07, 6.45) is 4.80. The highest BCUT2D eigenvalue weighted by Gasteiger charge is 2.32. The Morgan fingerprint density at radius 2 is 1.88 bits per heavy atom. The van der Waals surface area contributed by atoms with Crippen LogP contribution in [0.4, 0.5) is 11.4 Å². The monoisotopic (exact) mass is 216 g/mol. The van der Waals surface area contributed by atoms with Gasteiger partial charge in [-0.25, -0.2) is 0 Å². The van der Waals surface area contributed by atoms with E-state index in [4.69, 9.17) is 0 Å². The summed E-state index contributed by atoms with van der Waals surface area (Å²) in [5.74, 6) is 0.932. The van der Waals surface area contributed by atoms with Crippen molar-refractivity contribution in [2.24, 2.45) is 5.92 Å². The molecule has 1 unspecified atom stereocenters. The molecule has 1 fully saturated rings. The normalized spacial score (nSPS) is 24.5. The van der Waals surface area contributed by atoms with Gasteiger partial charge >= 0.3 is 0 Å². The molecule has 2 nitrogen and oxygen atoms in total. The third-order valence-electron chi connectivity index (χ3n) is 4.26. The van der Waals surface area contributed by atoms with Crippen LogP contribution in [0.1, 0.15) is 26.2 Å². The van der Waals surface area contributed by atoms with Gasteiger partial charge in [-0.2, -0.15) is 0 Å².